The molecule has 1 amide bonds. The Labute approximate surface area is 148 Å². The van der Waals surface area contributed by atoms with Gasteiger partial charge in [-0.15, -0.1) is 12.4 Å². The summed E-state index contributed by atoms with van der Waals surface area (Å²) in [7, 11) is 0. The number of nitrogens with one attached hydrogen (secondary N) is 1. The Morgan fingerprint density at radius 1 is 1.09 bits per heavy atom. The van der Waals surface area contributed by atoms with Gasteiger partial charge in [-0.05, 0) is 36.4 Å². The van der Waals surface area contributed by atoms with Crippen molar-refractivity contribution in [2.75, 3.05) is 11.1 Å². The molecule has 0 saturated heterocycles. The number of nitrogen functional groups attached to an aromatic ring is 1. The van der Waals surface area contributed by atoms with Crippen LogP contribution in [0.4, 0.5) is 11.6 Å². The fraction of sp³-hybridized carbons (Fsp3) is 0. The molecule has 3 N–H and O–H groups in total. The van der Waals surface area contributed by atoms with E-state index in [1.165, 1.54) is 0 Å². The lowest BCUT2D eigenvalue weighted by molar-refractivity contribution is 0.102. The van der Waals surface area contributed by atoms with E-state index in [2.05, 4.69) is 15.3 Å². The lowest BCUT2D eigenvalue weighted by atomic mass is 10.2. The van der Waals surface area contributed by atoms with E-state index in [1.807, 2.05) is 0 Å². The molecule has 0 spiro atoms. The highest BCUT2D eigenvalue weighted by molar-refractivity contribution is 6.35. The molecule has 1 heterocycles. The number of halogens is 3. The van der Waals surface area contributed by atoms with Gasteiger partial charge in [-0.25, -0.2) is 9.97 Å². The Morgan fingerprint density at radius 3 is 2.48 bits per heavy atom. The average molecular weight is 370 g/mol. The predicted molar refractivity (Wildman–Crippen MR) is 95.6 cm³/mol. The highest BCUT2D eigenvalue weighted by Gasteiger charge is 2.09. The van der Waals surface area contributed by atoms with Crippen LogP contribution in [0.1, 0.15) is 10.4 Å². The molecule has 0 aliphatic rings. The molecule has 3 rings (SSSR count). The van der Waals surface area contributed by atoms with Crippen molar-refractivity contribution in [3.63, 3.8) is 0 Å². The van der Waals surface area contributed by atoms with Gasteiger partial charge in [0.05, 0.1) is 5.52 Å². The van der Waals surface area contributed by atoms with Crippen molar-refractivity contribution in [3.8, 4) is 0 Å². The van der Waals surface area contributed by atoms with Gasteiger partial charge in [0.1, 0.15) is 0 Å². The summed E-state index contributed by atoms with van der Waals surface area (Å²) >= 11 is 11.8. The third-order valence-corrected chi connectivity index (χ3v) is 3.42. The summed E-state index contributed by atoms with van der Waals surface area (Å²) in [5.74, 6) is -0.0991. The molecule has 0 atom stereocenters. The van der Waals surface area contributed by atoms with Crippen LogP contribution in [0.2, 0.25) is 10.0 Å². The van der Waals surface area contributed by atoms with Gasteiger partial charge >= 0.3 is 0 Å². The maximum Gasteiger partial charge on any atom is 0.255 e. The first kappa shape index (κ1) is 17.3. The summed E-state index contributed by atoms with van der Waals surface area (Å²) in [4.78, 5) is 20.3. The van der Waals surface area contributed by atoms with Crippen molar-refractivity contribution in [1.82, 2.24) is 9.97 Å². The number of carbonyl (C=O) groups excluding carboxylic acids is 1. The van der Waals surface area contributed by atoms with Gasteiger partial charge in [0, 0.05) is 32.9 Å². The molecular weight excluding hydrogens is 359 g/mol. The van der Waals surface area contributed by atoms with Crippen LogP contribution in [-0.4, -0.2) is 15.9 Å². The molecular formula is C15H11Cl3N4O. The molecule has 5 nitrogen and oxygen atoms in total. The summed E-state index contributed by atoms with van der Waals surface area (Å²) < 4.78 is 0. The van der Waals surface area contributed by atoms with E-state index in [9.17, 15) is 4.79 Å². The average Bonchev–Trinajstić information content (AvgIpc) is 2.46. The number of nitrogens with zero attached hydrogens (tertiary/aromatic N) is 2. The molecule has 8 heteroatoms. The van der Waals surface area contributed by atoms with E-state index in [0.717, 1.165) is 5.39 Å². The monoisotopic (exact) mass is 368 g/mol. The molecule has 2 aromatic carbocycles. The largest absolute Gasteiger partial charge is 0.368 e. The van der Waals surface area contributed by atoms with E-state index in [-0.39, 0.29) is 24.3 Å². The van der Waals surface area contributed by atoms with Gasteiger partial charge in [-0.3, -0.25) is 4.79 Å². The van der Waals surface area contributed by atoms with Crippen molar-refractivity contribution in [3.05, 3.63) is 58.2 Å². The number of amides is 1. The minimum absolute atomic E-state index is 0. The minimum Gasteiger partial charge on any atom is -0.368 e. The van der Waals surface area contributed by atoms with Crippen LogP contribution >= 0.6 is 35.6 Å². The summed E-state index contributed by atoms with van der Waals surface area (Å²) in [5, 5.41) is 4.36. The Bertz CT molecular complexity index is 865. The number of benzene rings is 2. The van der Waals surface area contributed by atoms with Gasteiger partial charge in [0.2, 0.25) is 5.95 Å². The SMILES string of the molecule is Cl.Nc1ncc2cc(NC(=O)c3cc(Cl)cc(Cl)c3)ccc2n1. The van der Waals surface area contributed by atoms with E-state index in [4.69, 9.17) is 28.9 Å². The first-order valence-electron chi connectivity index (χ1n) is 6.31. The smallest absolute Gasteiger partial charge is 0.255 e. The molecule has 0 unspecified atom stereocenters. The van der Waals surface area contributed by atoms with Crippen molar-refractivity contribution in [2.24, 2.45) is 0 Å². The number of hydrogen-bond donors (Lipinski definition) is 2. The highest BCUT2D eigenvalue weighted by Crippen LogP contribution is 2.21. The second-order valence-electron chi connectivity index (χ2n) is 4.61. The first-order valence-corrected chi connectivity index (χ1v) is 7.06. The third-order valence-electron chi connectivity index (χ3n) is 2.98. The summed E-state index contributed by atoms with van der Waals surface area (Å²) in [6, 6.07) is 9.92. The van der Waals surface area contributed by atoms with Crippen molar-refractivity contribution >= 4 is 64.1 Å². The molecule has 1 aromatic heterocycles. The van der Waals surface area contributed by atoms with Crippen LogP contribution in [0, 0.1) is 0 Å². The molecule has 3 aromatic rings. The Morgan fingerprint density at radius 2 is 1.78 bits per heavy atom. The fourth-order valence-electron chi connectivity index (χ4n) is 2.01. The zero-order valence-electron chi connectivity index (χ0n) is 11.6. The zero-order valence-corrected chi connectivity index (χ0v) is 13.9. The second kappa shape index (κ2) is 7.00. The van der Waals surface area contributed by atoms with E-state index >= 15 is 0 Å². The van der Waals surface area contributed by atoms with Crippen LogP contribution in [0.5, 0.6) is 0 Å². The number of aromatic nitrogens is 2. The van der Waals surface area contributed by atoms with Gasteiger partial charge in [-0.1, -0.05) is 23.2 Å². The van der Waals surface area contributed by atoms with Crippen molar-refractivity contribution < 1.29 is 4.79 Å². The molecule has 23 heavy (non-hydrogen) atoms. The standard InChI is InChI=1S/C15H10Cl2N4O.ClH/c16-10-3-8(4-11(17)6-10)14(22)20-12-1-2-13-9(5-12)7-19-15(18)21-13;/h1-7H,(H,20,22)(H2,18,19,21);1H. The number of rotatable bonds is 2. The number of nitrogens with two attached hydrogens (primary N) is 1. The number of anilines is 2. The van der Waals surface area contributed by atoms with Crippen LogP contribution in [0.3, 0.4) is 0 Å². The maximum atomic E-state index is 12.2. The zero-order chi connectivity index (χ0) is 15.7. The molecule has 0 radical (unpaired) electrons. The topological polar surface area (TPSA) is 80.9 Å². The summed E-state index contributed by atoms with van der Waals surface area (Å²) in [6.45, 7) is 0. The van der Waals surface area contributed by atoms with E-state index in [1.54, 1.807) is 42.6 Å². The lowest BCUT2D eigenvalue weighted by Crippen LogP contribution is -2.11. The van der Waals surface area contributed by atoms with Crippen LogP contribution in [0.15, 0.2) is 42.6 Å². The third kappa shape index (κ3) is 4.01. The van der Waals surface area contributed by atoms with Gasteiger partial charge in [-0.2, -0.15) is 0 Å². The molecule has 0 aliphatic heterocycles. The van der Waals surface area contributed by atoms with E-state index < -0.39 is 0 Å². The lowest BCUT2D eigenvalue weighted by Gasteiger charge is -2.07. The molecule has 0 bridgehead atoms. The van der Waals surface area contributed by atoms with Crippen LogP contribution < -0.4 is 11.1 Å². The Kier molecular flexibility index (Phi) is 5.26. The normalized spacial score (nSPS) is 10.2. The molecule has 118 valence electrons. The fourth-order valence-corrected chi connectivity index (χ4v) is 2.54. The van der Waals surface area contributed by atoms with Crippen LogP contribution in [-0.2, 0) is 0 Å². The Hall–Kier alpha value is -2.08. The predicted octanol–water partition coefficient (Wildman–Crippen LogP) is 4.19. The quantitative estimate of drug-likeness (QED) is 0.709. The Balaban J connectivity index is 0.00000192. The van der Waals surface area contributed by atoms with Gasteiger partial charge in [0.25, 0.3) is 5.91 Å². The first-order chi connectivity index (χ1) is 10.5. The van der Waals surface area contributed by atoms with Crippen molar-refractivity contribution in [2.45, 2.75) is 0 Å². The highest BCUT2D eigenvalue weighted by atomic mass is 35.5. The number of carbonyl (C=O) groups is 1. The van der Waals surface area contributed by atoms with Gasteiger partial charge < -0.3 is 11.1 Å². The van der Waals surface area contributed by atoms with Crippen molar-refractivity contribution in [1.29, 1.82) is 0 Å². The van der Waals surface area contributed by atoms with Crippen LogP contribution in [0.25, 0.3) is 10.9 Å². The minimum atomic E-state index is -0.305. The molecule has 0 saturated carbocycles. The number of hydrogen-bond acceptors (Lipinski definition) is 4. The summed E-state index contributed by atoms with van der Waals surface area (Å²) in [6.07, 6.45) is 1.60. The maximum absolute atomic E-state index is 12.2. The second-order valence-corrected chi connectivity index (χ2v) is 5.49. The number of fused-ring (bicyclic) bond motifs is 1. The van der Waals surface area contributed by atoms with E-state index in [0.29, 0.717) is 26.8 Å². The van der Waals surface area contributed by atoms with Gasteiger partial charge in [0.15, 0.2) is 0 Å². The molecule has 0 aliphatic carbocycles. The summed E-state index contributed by atoms with van der Waals surface area (Å²) in [5.41, 5.74) is 7.23. The molecule has 0 fully saturated rings.